The summed E-state index contributed by atoms with van der Waals surface area (Å²) in [5.74, 6) is 0.849. The van der Waals surface area contributed by atoms with Crippen molar-refractivity contribution in [2.75, 3.05) is 11.9 Å². The van der Waals surface area contributed by atoms with Gasteiger partial charge in [0.05, 0.1) is 6.61 Å². The van der Waals surface area contributed by atoms with Crippen molar-refractivity contribution in [2.24, 2.45) is 11.8 Å². The molecule has 0 aliphatic heterocycles. The van der Waals surface area contributed by atoms with E-state index in [0.29, 0.717) is 10.7 Å². The van der Waals surface area contributed by atoms with Crippen molar-refractivity contribution in [3.05, 3.63) is 0 Å². The van der Waals surface area contributed by atoms with Gasteiger partial charge in [0.1, 0.15) is 0 Å². The molecule has 0 rings (SSSR count). The molecule has 1 nitrogen and oxygen atoms in total. The molecule has 0 fully saturated rings. The normalized spacial score (nSPS) is 18.8. The van der Waals surface area contributed by atoms with Gasteiger partial charge in [-0.1, -0.05) is 45.7 Å². The van der Waals surface area contributed by atoms with Crippen LogP contribution >= 0.6 is 31.9 Å². The van der Waals surface area contributed by atoms with Gasteiger partial charge in [0.25, 0.3) is 0 Å². The molecule has 0 aliphatic rings. The summed E-state index contributed by atoms with van der Waals surface area (Å²) < 4.78 is 0. The SMILES string of the molecule is CC(C[O])C(Br)C(C)CCCBr. The standard InChI is InChI=1S/C9H17Br2O/c1-7(4-3-5-10)9(11)8(2)6-12/h7-9H,3-6H2,1-2H3. The molecule has 0 spiro atoms. The molecule has 0 N–H and O–H groups in total. The van der Waals surface area contributed by atoms with Crippen LogP contribution < -0.4 is 0 Å². The van der Waals surface area contributed by atoms with Gasteiger partial charge in [0.2, 0.25) is 0 Å². The zero-order chi connectivity index (χ0) is 9.56. The Labute approximate surface area is 92.2 Å². The van der Waals surface area contributed by atoms with E-state index in [1.54, 1.807) is 0 Å². The molecule has 0 amide bonds. The van der Waals surface area contributed by atoms with Crippen molar-refractivity contribution >= 4 is 31.9 Å². The van der Waals surface area contributed by atoms with Crippen molar-refractivity contribution in [3.63, 3.8) is 0 Å². The number of rotatable bonds is 6. The first-order valence-corrected chi connectivity index (χ1v) is 6.45. The Morgan fingerprint density at radius 1 is 1.25 bits per heavy atom. The third-order valence-corrected chi connectivity index (χ3v) is 4.51. The maximum atomic E-state index is 10.6. The fraction of sp³-hybridized carbons (Fsp3) is 1.00. The average molecular weight is 301 g/mol. The van der Waals surface area contributed by atoms with E-state index < -0.39 is 0 Å². The van der Waals surface area contributed by atoms with Gasteiger partial charge >= 0.3 is 0 Å². The van der Waals surface area contributed by atoms with Gasteiger partial charge in [-0.15, -0.1) is 0 Å². The first-order valence-electron chi connectivity index (χ1n) is 4.41. The van der Waals surface area contributed by atoms with Crippen LogP contribution in [0.25, 0.3) is 0 Å². The zero-order valence-corrected chi connectivity index (χ0v) is 10.9. The molecule has 0 aromatic heterocycles. The number of hydrogen-bond donors (Lipinski definition) is 0. The fourth-order valence-corrected chi connectivity index (χ4v) is 1.95. The summed E-state index contributed by atoms with van der Waals surface area (Å²) in [7, 11) is 0. The minimum Gasteiger partial charge on any atom is -0.236 e. The summed E-state index contributed by atoms with van der Waals surface area (Å²) in [6.45, 7) is 4.24. The monoisotopic (exact) mass is 299 g/mol. The summed E-state index contributed by atoms with van der Waals surface area (Å²) in [5.41, 5.74) is 0. The van der Waals surface area contributed by atoms with E-state index in [1.807, 2.05) is 6.92 Å². The average Bonchev–Trinajstić information content (AvgIpc) is 2.11. The lowest BCUT2D eigenvalue weighted by Gasteiger charge is -2.22. The Balaban J connectivity index is 3.67. The zero-order valence-electron chi connectivity index (χ0n) is 7.72. The second-order valence-corrected chi connectivity index (χ2v) is 5.25. The highest BCUT2D eigenvalue weighted by molar-refractivity contribution is 9.09. The second kappa shape index (κ2) is 7.34. The van der Waals surface area contributed by atoms with E-state index >= 15 is 0 Å². The second-order valence-electron chi connectivity index (χ2n) is 3.40. The summed E-state index contributed by atoms with van der Waals surface area (Å²) >= 11 is 6.99. The molecule has 12 heavy (non-hydrogen) atoms. The predicted octanol–water partition coefficient (Wildman–Crippen LogP) is 3.63. The molecule has 0 aliphatic carbocycles. The molecule has 0 saturated carbocycles. The number of alkyl halides is 2. The molecule has 3 unspecified atom stereocenters. The highest BCUT2D eigenvalue weighted by Gasteiger charge is 2.19. The van der Waals surface area contributed by atoms with Crippen molar-refractivity contribution < 1.29 is 5.11 Å². The lowest BCUT2D eigenvalue weighted by molar-refractivity contribution is 0.142. The van der Waals surface area contributed by atoms with E-state index in [9.17, 15) is 5.11 Å². The predicted molar refractivity (Wildman–Crippen MR) is 59.6 cm³/mol. The Kier molecular flexibility index (Phi) is 7.90. The summed E-state index contributed by atoms with van der Waals surface area (Å²) in [5, 5.41) is 11.7. The van der Waals surface area contributed by atoms with Gasteiger partial charge < -0.3 is 0 Å². The van der Waals surface area contributed by atoms with E-state index in [-0.39, 0.29) is 12.5 Å². The molecule has 1 radical (unpaired) electrons. The molecule has 0 saturated heterocycles. The lowest BCUT2D eigenvalue weighted by Crippen LogP contribution is -2.22. The maximum Gasteiger partial charge on any atom is 0.0858 e. The van der Waals surface area contributed by atoms with Crippen LogP contribution in [-0.2, 0) is 5.11 Å². The third kappa shape index (κ3) is 4.83. The van der Waals surface area contributed by atoms with Crippen molar-refractivity contribution in [2.45, 2.75) is 31.5 Å². The fourth-order valence-electron chi connectivity index (χ4n) is 1.21. The van der Waals surface area contributed by atoms with Gasteiger partial charge in [0, 0.05) is 10.2 Å². The highest BCUT2D eigenvalue weighted by atomic mass is 79.9. The molecular formula is C9H17Br2O. The Bertz CT molecular complexity index is 109. The summed E-state index contributed by atoms with van der Waals surface area (Å²) in [6, 6.07) is 0. The third-order valence-electron chi connectivity index (χ3n) is 2.14. The van der Waals surface area contributed by atoms with Crippen molar-refractivity contribution in [1.82, 2.24) is 0 Å². The van der Waals surface area contributed by atoms with Gasteiger partial charge in [-0.3, -0.25) is 0 Å². The molecule has 0 bridgehead atoms. The highest BCUT2D eigenvalue weighted by Crippen LogP contribution is 2.25. The largest absolute Gasteiger partial charge is 0.236 e. The first kappa shape index (κ1) is 12.9. The van der Waals surface area contributed by atoms with E-state index in [0.717, 1.165) is 5.33 Å². The van der Waals surface area contributed by atoms with E-state index in [4.69, 9.17) is 0 Å². The van der Waals surface area contributed by atoms with E-state index in [1.165, 1.54) is 12.8 Å². The molecular weight excluding hydrogens is 284 g/mol. The number of halogens is 2. The van der Waals surface area contributed by atoms with Crippen molar-refractivity contribution in [1.29, 1.82) is 0 Å². The van der Waals surface area contributed by atoms with Gasteiger partial charge in [-0.05, 0) is 24.7 Å². The molecule has 73 valence electrons. The minimum atomic E-state index is 0.0224. The van der Waals surface area contributed by atoms with Gasteiger partial charge in [-0.25, -0.2) is 5.11 Å². The van der Waals surface area contributed by atoms with Crippen LogP contribution in [0.5, 0.6) is 0 Å². The Morgan fingerprint density at radius 2 is 1.83 bits per heavy atom. The smallest absolute Gasteiger partial charge is 0.0858 e. The minimum absolute atomic E-state index is 0.0224. The topological polar surface area (TPSA) is 19.9 Å². The van der Waals surface area contributed by atoms with Gasteiger partial charge in [0.15, 0.2) is 0 Å². The summed E-state index contributed by atoms with van der Waals surface area (Å²) in [6.07, 6.45) is 2.38. The molecule has 0 aromatic carbocycles. The van der Waals surface area contributed by atoms with Crippen LogP contribution in [0.2, 0.25) is 0 Å². The maximum absolute atomic E-state index is 10.6. The van der Waals surface area contributed by atoms with Crippen LogP contribution in [0.3, 0.4) is 0 Å². The molecule has 0 heterocycles. The van der Waals surface area contributed by atoms with Crippen LogP contribution in [0.15, 0.2) is 0 Å². The molecule has 3 atom stereocenters. The van der Waals surface area contributed by atoms with Gasteiger partial charge in [-0.2, -0.15) is 0 Å². The van der Waals surface area contributed by atoms with Crippen LogP contribution in [0.1, 0.15) is 26.7 Å². The van der Waals surface area contributed by atoms with Crippen molar-refractivity contribution in [3.8, 4) is 0 Å². The van der Waals surface area contributed by atoms with Crippen LogP contribution in [0.4, 0.5) is 0 Å². The van der Waals surface area contributed by atoms with Crippen LogP contribution in [-0.4, -0.2) is 16.8 Å². The molecule has 3 heteroatoms. The number of hydrogen-bond acceptors (Lipinski definition) is 0. The lowest BCUT2D eigenvalue weighted by atomic mass is 9.94. The Hall–Kier alpha value is 0.920. The van der Waals surface area contributed by atoms with E-state index in [2.05, 4.69) is 38.8 Å². The first-order chi connectivity index (χ1) is 5.63. The molecule has 0 aromatic rings. The van der Waals surface area contributed by atoms with Crippen LogP contribution in [0, 0.1) is 11.8 Å². The summed E-state index contributed by atoms with van der Waals surface area (Å²) in [4.78, 5) is 0.383. The Morgan fingerprint density at radius 3 is 2.25 bits per heavy atom. The quantitative estimate of drug-likeness (QED) is 0.668.